The largest absolute Gasteiger partial charge is 0.453 e. The lowest BCUT2D eigenvalue weighted by molar-refractivity contribution is 0.187. The van der Waals surface area contributed by atoms with Crippen molar-refractivity contribution in [1.29, 1.82) is 0 Å². The Labute approximate surface area is 233 Å². The molecule has 3 N–H and O–H groups in total. The van der Waals surface area contributed by atoms with Crippen LogP contribution in [0.1, 0.15) is 38.5 Å². The fourth-order valence-electron chi connectivity index (χ4n) is 5.63. The van der Waals surface area contributed by atoms with Crippen molar-refractivity contribution in [2.75, 3.05) is 35.7 Å². The van der Waals surface area contributed by atoms with Gasteiger partial charge in [-0.15, -0.1) is 0 Å². The lowest BCUT2D eigenvalue weighted by atomic mass is 9.89. The highest BCUT2D eigenvalue weighted by Gasteiger charge is 2.29. The molecule has 38 heavy (non-hydrogen) atoms. The second-order valence-electron chi connectivity index (χ2n) is 10.2. The van der Waals surface area contributed by atoms with E-state index in [1.807, 2.05) is 36.5 Å². The second-order valence-corrected chi connectivity index (χ2v) is 11.1. The van der Waals surface area contributed by atoms with Gasteiger partial charge < -0.3 is 20.3 Å². The zero-order chi connectivity index (χ0) is 26.3. The van der Waals surface area contributed by atoms with Crippen LogP contribution in [0.25, 0.3) is 11.1 Å². The number of nitrogens with zero attached hydrogens (tertiary/aromatic N) is 2. The van der Waals surface area contributed by atoms with Gasteiger partial charge in [-0.25, -0.2) is 9.78 Å². The first-order valence-corrected chi connectivity index (χ1v) is 14.3. The van der Waals surface area contributed by atoms with E-state index in [2.05, 4.69) is 72.1 Å². The van der Waals surface area contributed by atoms with Gasteiger partial charge in [0.1, 0.15) is 5.82 Å². The van der Waals surface area contributed by atoms with E-state index in [1.54, 1.807) is 0 Å². The van der Waals surface area contributed by atoms with Crippen molar-refractivity contribution in [3.8, 4) is 11.1 Å². The lowest BCUT2D eigenvalue weighted by Gasteiger charge is -2.40. The van der Waals surface area contributed by atoms with Gasteiger partial charge in [-0.05, 0) is 85.3 Å². The van der Waals surface area contributed by atoms with Gasteiger partial charge in [0, 0.05) is 53.3 Å². The molecule has 5 rings (SSSR count). The highest BCUT2D eigenvalue weighted by atomic mass is 79.9. The highest BCUT2D eigenvalue weighted by Crippen LogP contribution is 2.28. The Kier molecular flexibility index (Phi) is 8.81. The predicted octanol–water partition coefficient (Wildman–Crippen LogP) is 6.67. The Hall–Kier alpha value is -3.10. The number of methoxy groups -OCH3 is 1. The number of ether oxygens (including phenoxy) is 1. The third-order valence-electron chi connectivity index (χ3n) is 7.55. The van der Waals surface area contributed by atoms with Gasteiger partial charge in [0.2, 0.25) is 0 Å². The number of pyridine rings is 1. The molecule has 2 fully saturated rings. The van der Waals surface area contributed by atoms with Crippen LogP contribution in [0.5, 0.6) is 0 Å². The summed E-state index contributed by atoms with van der Waals surface area (Å²) >= 11 is 3.55. The van der Waals surface area contributed by atoms with E-state index in [4.69, 9.17) is 4.74 Å². The van der Waals surface area contributed by atoms with E-state index in [-0.39, 0.29) is 0 Å². The van der Waals surface area contributed by atoms with Gasteiger partial charge in [-0.1, -0.05) is 40.9 Å². The number of hydrogen-bond acceptors (Lipinski definition) is 6. The average Bonchev–Trinajstić information content (AvgIpc) is 2.95. The summed E-state index contributed by atoms with van der Waals surface area (Å²) in [6.45, 7) is 2.15. The summed E-state index contributed by atoms with van der Waals surface area (Å²) in [6.07, 6.45) is 8.57. The molecule has 8 heteroatoms. The number of carbonyl (C=O) groups is 1. The number of carbonyl (C=O) groups excluding carboxylic acids is 1. The Morgan fingerprint density at radius 2 is 1.76 bits per heavy atom. The van der Waals surface area contributed by atoms with Crippen LogP contribution in [0.15, 0.2) is 71.3 Å². The molecule has 3 atom stereocenters. The molecule has 1 aliphatic carbocycles. The Morgan fingerprint density at radius 1 is 0.974 bits per heavy atom. The summed E-state index contributed by atoms with van der Waals surface area (Å²) in [5.41, 5.74) is 4.05. The van der Waals surface area contributed by atoms with E-state index in [9.17, 15) is 4.79 Å². The van der Waals surface area contributed by atoms with Crippen LogP contribution in [0, 0.1) is 0 Å². The molecule has 1 saturated heterocycles. The summed E-state index contributed by atoms with van der Waals surface area (Å²) in [6, 6.07) is 21.7. The van der Waals surface area contributed by atoms with Crippen LogP contribution in [-0.2, 0) is 4.74 Å². The molecule has 2 aliphatic rings. The Bertz CT molecular complexity index is 1220. The minimum absolute atomic E-state index is 0.335. The maximum absolute atomic E-state index is 11.6. The van der Waals surface area contributed by atoms with Gasteiger partial charge in [0.25, 0.3) is 0 Å². The Morgan fingerprint density at radius 3 is 2.58 bits per heavy atom. The highest BCUT2D eigenvalue weighted by molar-refractivity contribution is 9.10. The van der Waals surface area contributed by atoms with Crippen molar-refractivity contribution >= 4 is 39.2 Å². The molecule has 200 valence electrons. The third kappa shape index (κ3) is 6.85. The monoisotopic (exact) mass is 577 g/mol. The van der Waals surface area contributed by atoms with E-state index in [0.29, 0.717) is 23.8 Å². The number of halogens is 1. The number of hydrogen-bond donors (Lipinski definition) is 3. The molecular formula is C30H36BrN5O2. The van der Waals surface area contributed by atoms with Gasteiger partial charge in [0.15, 0.2) is 0 Å². The molecule has 1 aliphatic heterocycles. The van der Waals surface area contributed by atoms with Crippen LogP contribution < -0.4 is 20.9 Å². The van der Waals surface area contributed by atoms with Crippen LogP contribution in [0.4, 0.5) is 22.0 Å². The van der Waals surface area contributed by atoms with Crippen molar-refractivity contribution in [2.45, 2.75) is 56.7 Å². The first kappa shape index (κ1) is 26.5. The minimum Gasteiger partial charge on any atom is -0.453 e. The maximum atomic E-state index is 11.6. The maximum Gasteiger partial charge on any atom is 0.411 e. The number of benzene rings is 2. The van der Waals surface area contributed by atoms with E-state index < -0.39 is 6.09 Å². The number of anilines is 3. The van der Waals surface area contributed by atoms with E-state index in [1.165, 1.54) is 44.9 Å². The molecule has 0 radical (unpaired) electrons. The minimum atomic E-state index is -0.479. The SMILES string of the molecule is COC(=O)Nc1cccc(-c2ccnc(N[C@@H]3CCCC[C@H]3N[C@H]3CCCN(c4ccc(Br)cc4)C3)c2)c1. The van der Waals surface area contributed by atoms with Crippen LogP contribution in [0.3, 0.4) is 0 Å². The molecular weight excluding hydrogens is 542 g/mol. The van der Waals surface area contributed by atoms with Crippen molar-refractivity contribution in [3.05, 3.63) is 71.3 Å². The summed E-state index contributed by atoms with van der Waals surface area (Å²) in [5, 5.41) is 10.5. The lowest BCUT2D eigenvalue weighted by Crippen LogP contribution is -2.54. The molecule has 7 nitrogen and oxygen atoms in total. The smallest absolute Gasteiger partial charge is 0.411 e. The van der Waals surface area contributed by atoms with Gasteiger partial charge in [0.05, 0.1) is 7.11 Å². The van der Waals surface area contributed by atoms with E-state index in [0.717, 1.165) is 40.9 Å². The first-order valence-electron chi connectivity index (χ1n) is 13.5. The second kappa shape index (κ2) is 12.6. The van der Waals surface area contributed by atoms with Crippen LogP contribution in [0.2, 0.25) is 0 Å². The fraction of sp³-hybridized carbons (Fsp3) is 0.400. The molecule has 2 heterocycles. The molecule has 1 saturated carbocycles. The van der Waals surface area contributed by atoms with Crippen molar-refractivity contribution in [1.82, 2.24) is 10.3 Å². The third-order valence-corrected chi connectivity index (χ3v) is 8.08. The first-order chi connectivity index (χ1) is 18.6. The van der Waals surface area contributed by atoms with Crippen molar-refractivity contribution in [3.63, 3.8) is 0 Å². The number of aromatic nitrogens is 1. The number of amides is 1. The zero-order valence-electron chi connectivity index (χ0n) is 21.8. The molecule has 0 spiro atoms. The topological polar surface area (TPSA) is 78.5 Å². The summed E-state index contributed by atoms with van der Waals surface area (Å²) in [7, 11) is 1.36. The molecule has 1 aromatic heterocycles. The van der Waals surface area contributed by atoms with Crippen LogP contribution in [-0.4, -0.2) is 49.4 Å². The van der Waals surface area contributed by atoms with E-state index >= 15 is 0 Å². The summed E-state index contributed by atoms with van der Waals surface area (Å²) in [5.74, 6) is 0.882. The summed E-state index contributed by atoms with van der Waals surface area (Å²) in [4.78, 5) is 18.8. The van der Waals surface area contributed by atoms with Gasteiger partial charge in [-0.2, -0.15) is 0 Å². The number of rotatable bonds is 7. The number of piperidine rings is 1. The molecule has 1 amide bonds. The normalized spacial score (nSPS) is 21.5. The molecule has 2 aromatic carbocycles. The standard InChI is InChI=1S/C30H36BrN5O2/c1-38-30(37)34-24-7-4-6-21(18-24)22-15-16-32-29(19-22)35-28-10-3-2-9-27(28)33-25-8-5-17-36(20-25)26-13-11-23(31)12-14-26/h4,6-7,11-16,18-19,25,27-28,33H,2-3,5,8-10,17,20H2,1H3,(H,32,35)(H,34,37)/t25-,27+,28+/m0/s1. The van der Waals surface area contributed by atoms with Crippen molar-refractivity contribution in [2.24, 2.45) is 0 Å². The van der Waals surface area contributed by atoms with Gasteiger partial charge in [-0.3, -0.25) is 5.32 Å². The Balaban J connectivity index is 1.24. The van der Waals surface area contributed by atoms with Gasteiger partial charge >= 0.3 is 6.09 Å². The summed E-state index contributed by atoms with van der Waals surface area (Å²) < 4.78 is 5.84. The molecule has 0 bridgehead atoms. The quantitative estimate of drug-likeness (QED) is 0.291. The number of nitrogens with one attached hydrogen (secondary N) is 3. The average molecular weight is 579 g/mol. The van der Waals surface area contributed by atoms with Crippen molar-refractivity contribution < 1.29 is 9.53 Å². The zero-order valence-corrected chi connectivity index (χ0v) is 23.4. The predicted molar refractivity (Wildman–Crippen MR) is 158 cm³/mol. The fourth-order valence-corrected chi connectivity index (χ4v) is 5.89. The molecule has 0 unspecified atom stereocenters. The van der Waals surface area contributed by atoms with Crippen LogP contribution >= 0.6 is 15.9 Å². The molecule has 3 aromatic rings.